The molecule has 0 amide bonds. The summed E-state index contributed by atoms with van der Waals surface area (Å²) in [6, 6.07) is 3.66. The quantitative estimate of drug-likeness (QED) is 0.711. The summed E-state index contributed by atoms with van der Waals surface area (Å²) < 4.78 is 21.7. The highest BCUT2D eigenvalue weighted by molar-refractivity contribution is 5.64. The van der Waals surface area contributed by atoms with E-state index in [0.29, 0.717) is 28.9 Å². The highest BCUT2D eigenvalue weighted by Crippen LogP contribution is 2.45. The van der Waals surface area contributed by atoms with Gasteiger partial charge in [-0.2, -0.15) is 4.98 Å². The maximum atomic E-state index is 15.6. The molecule has 6 nitrogen and oxygen atoms in total. The largest absolute Gasteiger partial charge is 0.435 e. The third kappa shape index (κ3) is 3.28. The molecule has 3 aromatic rings. The van der Waals surface area contributed by atoms with Gasteiger partial charge in [0, 0.05) is 22.4 Å². The van der Waals surface area contributed by atoms with Crippen LogP contribution >= 0.6 is 0 Å². The van der Waals surface area contributed by atoms with Crippen molar-refractivity contribution in [1.29, 1.82) is 0 Å². The van der Waals surface area contributed by atoms with Crippen LogP contribution in [0.15, 0.2) is 24.5 Å². The van der Waals surface area contributed by atoms with Gasteiger partial charge in [0.2, 0.25) is 5.88 Å². The summed E-state index contributed by atoms with van der Waals surface area (Å²) in [4.78, 5) is 16.9. The second kappa shape index (κ2) is 7.14. The van der Waals surface area contributed by atoms with E-state index in [-0.39, 0.29) is 11.6 Å². The van der Waals surface area contributed by atoms with E-state index in [0.717, 1.165) is 36.1 Å². The summed E-state index contributed by atoms with van der Waals surface area (Å²) in [6.45, 7) is 5.56. The number of hydrogen-bond acceptors (Lipinski definition) is 6. The first-order chi connectivity index (χ1) is 13.4. The van der Waals surface area contributed by atoms with Crippen LogP contribution < -0.4 is 10.5 Å². The molecule has 1 saturated carbocycles. The van der Waals surface area contributed by atoms with Gasteiger partial charge in [-0.05, 0) is 45.6 Å². The molecule has 1 aliphatic rings. The number of nitrogens with zero attached hydrogens (tertiary/aromatic N) is 4. The Morgan fingerprint density at radius 3 is 2.50 bits per heavy atom. The molecule has 1 aliphatic carbocycles. The van der Waals surface area contributed by atoms with Gasteiger partial charge in [0.25, 0.3) is 0 Å². The molecule has 1 fully saturated rings. The number of anilines is 1. The molecule has 144 valence electrons. The van der Waals surface area contributed by atoms with Gasteiger partial charge in [-0.1, -0.05) is 12.5 Å². The van der Waals surface area contributed by atoms with Crippen LogP contribution in [-0.2, 0) is 0 Å². The van der Waals surface area contributed by atoms with Crippen LogP contribution in [0.4, 0.5) is 10.2 Å². The lowest BCUT2D eigenvalue weighted by Crippen LogP contribution is -2.12. The Kier molecular flexibility index (Phi) is 4.66. The van der Waals surface area contributed by atoms with Crippen LogP contribution in [0.3, 0.4) is 0 Å². The van der Waals surface area contributed by atoms with Gasteiger partial charge in [-0.15, -0.1) is 0 Å². The molecule has 0 aliphatic heterocycles. The van der Waals surface area contributed by atoms with Crippen LogP contribution in [0.1, 0.15) is 47.8 Å². The summed E-state index contributed by atoms with van der Waals surface area (Å²) in [5.41, 5.74) is 8.81. The molecule has 0 bridgehead atoms. The molecule has 28 heavy (non-hydrogen) atoms. The predicted octanol–water partition coefficient (Wildman–Crippen LogP) is 4.64. The zero-order chi connectivity index (χ0) is 19.8. The van der Waals surface area contributed by atoms with E-state index in [1.807, 2.05) is 19.9 Å². The van der Waals surface area contributed by atoms with Gasteiger partial charge >= 0.3 is 0 Å². The van der Waals surface area contributed by atoms with Crippen molar-refractivity contribution in [2.45, 2.75) is 46.0 Å². The first-order valence-electron chi connectivity index (χ1n) is 9.34. The monoisotopic (exact) mass is 379 g/mol. The zero-order valence-electron chi connectivity index (χ0n) is 16.2. The molecule has 2 aromatic heterocycles. The molecule has 0 spiro atoms. The first kappa shape index (κ1) is 18.3. The maximum absolute atomic E-state index is 15.6. The van der Waals surface area contributed by atoms with E-state index in [1.54, 1.807) is 13.0 Å². The summed E-state index contributed by atoms with van der Waals surface area (Å²) in [5, 5.41) is 0. The zero-order valence-corrected chi connectivity index (χ0v) is 16.2. The molecule has 0 saturated heterocycles. The number of rotatable bonds is 4. The lowest BCUT2D eigenvalue weighted by Gasteiger charge is -2.28. The number of benzene rings is 1. The fourth-order valence-electron chi connectivity index (χ4n) is 3.32. The molecule has 4 rings (SSSR count). The number of hydrogen-bond donors (Lipinski definition) is 1. The van der Waals surface area contributed by atoms with E-state index < -0.39 is 5.82 Å². The molecule has 7 heteroatoms. The normalized spacial score (nSPS) is 14.0. The molecule has 1 aromatic carbocycles. The minimum Gasteiger partial charge on any atom is -0.435 e. The van der Waals surface area contributed by atoms with Crippen molar-refractivity contribution in [3.8, 4) is 22.9 Å². The van der Waals surface area contributed by atoms with Crippen molar-refractivity contribution in [3.05, 3.63) is 53.0 Å². The maximum Gasteiger partial charge on any atom is 0.225 e. The average molecular weight is 379 g/mol. The second-order valence-corrected chi connectivity index (χ2v) is 7.19. The van der Waals surface area contributed by atoms with Crippen LogP contribution in [0.5, 0.6) is 11.6 Å². The Hall–Kier alpha value is -3.09. The predicted molar refractivity (Wildman–Crippen MR) is 105 cm³/mol. The van der Waals surface area contributed by atoms with E-state index >= 15 is 4.39 Å². The van der Waals surface area contributed by atoms with Crippen LogP contribution in [0.2, 0.25) is 0 Å². The van der Waals surface area contributed by atoms with Gasteiger partial charge in [0.1, 0.15) is 11.6 Å². The molecular formula is C21H22FN5O. The average Bonchev–Trinajstić information content (AvgIpc) is 2.61. The smallest absolute Gasteiger partial charge is 0.225 e. The number of ether oxygens (including phenoxy) is 1. The number of nitrogen functional groups attached to an aromatic ring is 1. The van der Waals surface area contributed by atoms with E-state index in [2.05, 4.69) is 19.9 Å². The number of nitrogens with two attached hydrogens (primary N) is 1. The van der Waals surface area contributed by atoms with Crippen molar-refractivity contribution in [2.75, 3.05) is 5.73 Å². The Balaban J connectivity index is 1.83. The summed E-state index contributed by atoms with van der Waals surface area (Å²) in [7, 11) is 0. The summed E-state index contributed by atoms with van der Waals surface area (Å²) in [5.74, 6) is 1.29. The number of halogens is 1. The highest BCUT2D eigenvalue weighted by Gasteiger charge is 2.28. The molecule has 2 N–H and O–H groups in total. The molecule has 2 heterocycles. The minimum atomic E-state index is -0.461. The van der Waals surface area contributed by atoms with Crippen LogP contribution in [-0.4, -0.2) is 19.9 Å². The van der Waals surface area contributed by atoms with E-state index in [1.165, 1.54) is 12.4 Å². The Morgan fingerprint density at radius 1 is 1.07 bits per heavy atom. The van der Waals surface area contributed by atoms with Gasteiger partial charge in [-0.3, -0.25) is 4.98 Å². The molecule has 0 radical (unpaired) electrons. The molecule has 0 atom stereocenters. The highest BCUT2D eigenvalue weighted by atomic mass is 19.1. The van der Waals surface area contributed by atoms with Crippen molar-refractivity contribution in [1.82, 2.24) is 19.9 Å². The van der Waals surface area contributed by atoms with Crippen molar-refractivity contribution >= 4 is 5.82 Å². The lowest BCUT2D eigenvalue weighted by molar-refractivity contribution is 0.376. The van der Waals surface area contributed by atoms with Crippen molar-refractivity contribution in [2.24, 2.45) is 0 Å². The fourth-order valence-corrected chi connectivity index (χ4v) is 3.32. The molecular weight excluding hydrogens is 357 g/mol. The van der Waals surface area contributed by atoms with E-state index in [9.17, 15) is 0 Å². The third-order valence-electron chi connectivity index (χ3n) is 5.28. The van der Waals surface area contributed by atoms with Crippen LogP contribution in [0, 0.1) is 26.6 Å². The third-order valence-corrected chi connectivity index (χ3v) is 5.28. The van der Waals surface area contributed by atoms with Gasteiger partial charge < -0.3 is 10.5 Å². The number of aromatic nitrogens is 4. The Bertz CT molecular complexity index is 1030. The second-order valence-electron chi connectivity index (χ2n) is 7.19. The van der Waals surface area contributed by atoms with Gasteiger partial charge in [-0.25, -0.2) is 14.4 Å². The Labute approximate surface area is 163 Å². The SMILES string of the molecule is Cc1nc(C)c(C)c(Oc2c(C3CCC3)ccc(-c3cnc(N)cn3)c2F)n1. The minimum absolute atomic E-state index is 0.210. The van der Waals surface area contributed by atoms with Gasteiger partial charge in [0.15, 0.2) is 11.6 Å². The van der Waals surface area contributed by atoms with Gasteiger partial charge in [0.05, 0.1) is 18.1 Å². The Morgan fingerprint density at radius 2 is 1.86 bits per heavy atom. The summed E-state index contributed by atoms with van der Waals surface area (Å²) in [6.07, 6.45) is 6.07. The lowest BCUT2D eigenvalue weighted by atomic mass is 9.79. The standard InChI is InChI=1S/C21H22FN5O/c1-11-12(2)26-13(3)27-21(11)28-20-15(14-5-4-6-14)7-8-16(19(20)22)17-9-25-18(23)10-24-17/h7-10,14H,4-6H2,1-3H3,(H2,23,25). The van der Waals surface area contributed by atoms with Crippen molar-refractivity contribution in [3.63, 3.8) is 0 Å². The topological polar surface area (TPSA) is 86.8 Å². The summed E-state index contributed by atoms with van der Waals surface area (Å²) >= 11 is 0. The van der Waals surface area contributed by atoms with Crippen molar-refractivity contribution < 1.29 is 9.13 Å². The van der Waals surface area contributed by atoms with E-state index in [4.69, 9.17) is 10.5 Å². The fraction of sp³-hybridized carbons (Fsp3) is 0.333. The molecule has 0 unspecified atom stereocenters. The van der Waals surface area contributed by atoms with Crippen LogP contribution in [0.25, 0.3) is 11.3 Å². The number of aryl methyl sites for hydroxylation is 2. The first-order valence-corrected chi connectivity index (χ1v) is 9.34.